The molecule has 2 rings (SSSR count). The van der Waals surface area contributed by atoms with Crippen molar-refractivity contribution in [2.75, 3.05) is 26.9 Å². The predicted octanol–water partition coefficient (Wildman–Crippen LogP) is 0.849. The summed E-state index contributed by atoms with van der Waals surface area (Å²) in [5.74, 6) is 1.88. The van der Waals surface area contributed by atoms with E-state index in [4.69, 9.17) is 25.1 Å². The monoisotopic (exact) mass is 239 g/mol. The lowest BCUT2D eigenvalue weighted by atomic mass is 10.0. The maximum absolute atomic E-state index is 8.92. The smallest absolute Gasteiger partial charge is 0.204 e. The molecule has 1 unspecified atom stereocenters. The van der Waals surface area contributed by atoms with Crippen LogP contribution in [0.2, 0.25) is 0 Å². The zero-order chi connectivity index (χ0) is 12.3. The first-order valence-electron chi connectivity index (χ1n) is 5.61. The molecule has 1 heterocycles. The minimum Gasteiger partial charge on any atom is -0.492 e. The lowest BCUT2D eigenvalue weighted by Crippen LogP contribution is -2.18. The number of methoxy groups -OCH3 is 1. The molecule has 0 spiro atoms. The number of ether oxygens (including phenoxy) is 3. The van der Waals surface area contributed by atoms with Gasteiger partial charge in [0.25, 0.3) is 0 Å². The van der Waals surface area contributed by atoms with Crippen LogP contribution in [0.4, 0.5) is 0 Å². The number of fused-ring (bicyclic) bond motifs is 1. The van der Waals surface area contributed by atoms with Gasteiger partial charge in [0.15, 0.2) is 11.5 Å². The topological polar surface area (TPSA) is 73.9 Å². The molecule has 5 nitrogen and oxygen atoms in total. The fourth-order valence-corrected chi connectivity index (χ4v) is 1.90. The zero-order valence-corrected chi connectivity index (χ0v) is 9.81. The van der Waals surface area contributed by atoms with Crippen molar-refractivity contribution in [3.05, 3.63) is 17.7 Å². The van der Waals surface area contributed by atoms with Crippen LogP contribution in [0.1, 0.15) is 18.0 Å². The number of benzene rings is 1. The first-order valence-corrected chi connectivity index (χ1v) is 5.61. The molecule has 1 aromatic rings. The van der Waals surface area contributed by atoms with Gasteiger partial charge in [0.1, 0.15) is 13.2 Å². The van der Waals surface area contributed by atoms with E-state index in [2.05, 4.69) is 0 Å². The Hall–Kier alpha value is -1.46. The van der Waals surface area contributed by atoms with Crippen molar-refractivity contribution in [3.8, 4) is 17.2 Å². The fourth-order valence-electron chi connectivity index (χ4n) is 1.90. The van der Waals surface area contributed by atoms with Crippen LogP contribution < -0.4 is 19.9 Å². The molecule has 0 fully saturated rings. The summed E-state index contributed by atoms with van der Waals surface area (Å²) in [7, 11) is 1.57. The molecule has 1 atom stereocenters. The van der Waals surface area contributed by atoms with Crippen molar-refractivity contribution < 1.29 is 19.3 Å². The van der Waals surface area contributed by atoms with Crippen molar-refractivity contribution in [1.82, 2.24) is 0 Å². The molecule has 0 saturated heterocycles. The molecule has 0 radical (unpaired) electrons. The minimum atomic E-state index is -0.272. The Morgan fingerprint density at radius 3 is 2.88 bits per heavy atom. The third-order valence-electron chi connectivity index (χ3n) is 2.74. The standard InChI is InChI=1S/C12H17NO4/c1-15-11-8(9(13)4-5-14)2-3-10-12(11)17-7-6-16-10/h2-3,9,14H,4-7,13H2,1H3. The van der Waals surface area contributed by atoms with Gasteiger partial charge in [-0.3, -0.25) is 0 Å². The van der Waals surface area contributed by atoms with E-state index in [0.29, 0.717) is 36.9 Å². The van der Waals surface area contributed by atoms with Gasteiger partial charge in [0.2, 0.25) is 5.75 Å². The Kier molecular flexibility index (Phi) is 3.71. The van der Waals surface area contributed by atoms with Gasteiger partial charge in [-0.1, -0.05) is 0 Å². The molecule has 0 aromatic heterocycles. The van der Waals surface area contributed by atoms with E-state index in [9.17, 15) is 0 Å². The van der Waals surface area contributed by atoms with E-state index in [0.717, 1.165) is 5.56 Å². The maximum atomic E-state index is 8.92. The Morgan fingerprint density at radius 2 is 2.18 bits per heavy atom. The van der Waals surface area contributed by atoms with E-state index >= 15 is 0 Å². The average molecular weight is 239 g/mol. The van der Waals surface area contributed by atoms with Gasteiger partial charge in [-0.2, -0.15) is 0 Å². The Balaban J connectivity index is 2.39. The lowest BCUT2D eigenvalue weighted by Gasteiger charge is -2.23. The molecule has 1 aromatic carbocycles. The van der Waals surface area contributed by atoms with Crippen molar-refractivity contribution in [3.63, 3.8) is 0 Å². The van der Waals surface area contributed by atoms with Crippen LogP contribution in [-0.4, -0.2) is 32.0 Å². The van der Waals surface area contributed by atoms with Crippen LogP contribution in [0.25, 0.3) is 0 Å². The minimum absolute atomic E-state index is 0.0404. The van der Waals surface area contributed by atoms with Gasteiger partial charge in [-0.25, -0.2) is 0 Å². The van der Waals surface area contributed by atoms with Gasteiger partial charge in [0, 0.05) is 18.2 Å². The highest BCUT2D eigenvalue weighted by molar-refractivity contribution is 5.57. The van der Waals surface area contributed by atoms with Gasteiger partial charge < -0.3 is 25.1 Å². The summed E-state index contributed by atoms with van der Waals surface area (Å²) >= 11 is 0. The molecular formula is C12H17NO4. The highest BCUT2D eigenvalue weighted by Crippen LogP contribution is 2.43. The van der Waals surface area contributed by atoms with Crippen molar-refractivity contribution in [1.29, 1.82) is 0 Å². The summed E-state index contributed by atoms with van der Waals surface area (Å²) in [6, 6.07) is 3.40. The molecule has 0 amide bonds. The summed E-state index contributed by atoms with van der Waals surface area (Å²) in [5.41, 5.74) is 6.80. The fraction of sp³-hybridized carbons (Fsp3) is 0.500. The molecule has 17 heavy (non-hydrogen) atoms. The number of hydrogen-bond donors (Lipinski definition) is 2. The van der Waals surface area contributed by atoms with Crippen LogP contribution in [-0.2, 0) is 0 Å². The molecule has 1 aliphatic heterocycles. The van der Waals surface area contributed by atoms with Crippen molar-refractivity contribution in [2.24, 2.45) is 5.73 Å². The van der Waals surface area contributed by atoms with Gasteiger partial charge >= 0.3 is 0 Å². The predicted molar refractivity (Wildman–Crippen MR) is 62.6 cm³/mol. The summed E-state index contributed by atoms with van der Waals surface area (Å²) in [5, 5.41) is 8.92. The number of nitrogens with two attached hydrogens (primary N) is 1. The van der Waals surface area contributed by atoms with E-state index < -0.39 is 0 Å². The molecule has 0 bridgehead atoms. The number of hydrogen-bond acceptors (Lipinski definition) is 5. The average Bonchev–Trinajstić information content (AvgIpc) is 2.37. The molecule has 3 N–H and O–H groups in total. The van der Waals surface area contributed by atoms with Gasteiger partial charge in [-0.15, -0.1) is 0 Å². The van der Waals surface area contributed by atoms with E-state index in [1.807, 2.05) is 12.1 Å². The zero-order valence-electron chi connectivity index (χ0n) is 9.81. The first kappa shape index (κ1) is 12.0. The van der Waals surface area contributed by atoms with Crippen LogP contribution in [0.15, 0.2) is 12.1 Å². The normalized spacial score (nSPS) is 15.5. The van der Waals surface area contributed by atoms with Gasteiger partial charge in [0.05, 0.1) is 7.11 Å². The number of rotatable bonds is 4. The quantitative estimate of drug-likeness (QED) is 0.814. The highest BCUT2D eigenvalue weighted by atomic mass is 16.6. The Morgan fingerprint density at radius 1 is 1.41 bits per heavy atom. The van der Waals surface area contributed by atoms with Crippen LogP contribution >= 0.6 is 0 Å². The van der Waals surface area contributed by atoms with Crippen molar-refractivity contribution in [2.45, 2.75) is 12.5 Å². The summed E-state index contributed by atoms with van der Waals surface area (Å²) in [6.07, 6.45) is 0.482. The highest BCUT2D eigenvalue weighted by Gasteiger charge is 2.22. The second-order valence-electron chi connectivity index (χ2n) is 3.83. The number of aliphatic hydroxyl groups is 1. The second-order valence-corrected chi connectivity index (χ2v) is 3.83. The second kappa shape index (κ2) is 5.25. The van der Waals surface area contributed by atoms with Crippen molar-refractivity contribution >= 4 is 0 Å². The molecule has 5 heteroatoms. The lowest BCUT2D eigenvalue weighted by molar-refractivity contribution is 0.164. The molecule has 0 aliphatic carbocycles. The molecular weight excluding hydrogens is 222 g/mol. The van der Waals surface area contributed by atoms with E-state index in [1.165, 1.54) is 0 Å². The van der Waals surface area contributed by atoms with Crippen LogP contribution in [0, 0.1) is 0 Å². The summed E-state index contributed by atoms with van der Waals surface area (Å²) < 4.78 is 16.4. The molecule has 94 valence electrons. The largest absolute Gasteiger partial charge is 0.492 e. The third-order valence-corrected chi connectivity index (χ3v) is 2.74. The maximum Gasteiger partial charge on any atom is 0.204 e. The Labute approximate surface area is 100 Å². The third kappa shape index (κ3) is 2.30. The Bertz CT molecular complexity index is 394. The van der Waals surface area contributed by atoms with Crippen LogP contribution in [0.5, 0.6) is 17.2 Å². The molecule has 1 aliphatic rings. The number of aliphatic hydroxyl groups excluding tert-OH is 1. The first-order chi connectivity index (χ1) is 8.27. The molecule has 0 saturated carbocycles. The van der Waals surface area contributed by atoms with Crippen LogP contribution in [0.3, 0.4) is 0 Å². The van der Waals surface area contributed by atoms with E-state index in [-0.39, 0.29) is 12.6 Å². The summed E-state index contributed by atoms with van der Waals surface area (Å²) in [6.45, 7) is 1.08. The van der Waals surface area contributed by atoms with Gasteiger partial charge in [-0.05, 0) is 18.6 Å². The van der Waals surface area contributed by atoms with E-state index in [1.54, 1.807) is 7.11 Å². The summed E-state index contributed by atoms with van der Waals surface area (Å²) in [4.78, 5) is 0. The SMILES string of the molecule is COc1c(C(N)CCO)ccc2c1OCCO2.